The molecule has 0 saturated carbocycles. The second-order valence-corrected chi connectivity index (χ2v) is 7.79. The maximum absolute atomic E-state index is 13.2. The molecule has 1 aromatic carbocycles. The highest BCUT2D eigenvalue weighted by Gasteiger charge is 2.20. The Morgan fingerprint density at radius 3 is 2.63 bits per heavy atom. The van der Waals surface area contributed by atoms with Crippen LogP contribution in [-0.4, -0.2) is 28.3 Å². The summed E-state index contributed by atoms with van der Waals surface area (Å²) < 4.78 is 39.6. The Labute approximate surface area is 156 Å². The van der Waals surface area contributed by atoms with E-state index in [1.165, 1.54) is 31.5 Å². The van der Waals surface area contributed by atoms with Crippen LogP contribution in [0.3, 0.4) is 0 Å². The molecule has 9 heteroatoms. The molecule has 27 heavy (non-hydrogen) atoms. The predicted octanol–water partition coefficient (Wildman–Crippen LogP) is 2.20. The molecule has 0 radical (unpaired) electrons. The van der Waals surface area contributed by atoms with E-state index in [9.17, 15) is 17.6 Å². The van der Waals surface area contributed by atoms with E-state index in [1.807, 2.05) is 0 Å². The molecule has 3 aromatic rings. The number of amides is 1. The molecule has 140 valence electrons. The number of benzene rings is 1. The molecular formula is C18H17FN4O3S. The third-order valence-electron chi connectivity index (χ3n) is 3.89. The maximum atomic E-state index is 13.2. The van der Waals surface area contributed by atoms with E-state index in [2.05, 4.69) is 15.3 Å². The highest BCUT2D eigenvalue weighted by molar-refractivity contribution is 7.90. The van der Waals surface area contributed by atoms with Crippen LogP contribution in [0.15, 0.2) is 53.9 Å². The Morgan fingerprint density at radius 2 is 1.96 bits per heavy atom. The van der Waals surface area contributed by atoms with Crippen LogP contribution in [0.5, 0.6) is 0 Å². The van der Waals surface area contributed by atoms with E-state index in [0.717, 1.165) is 21.8 Å². The molecule has 1 amide bonds. The van der Waals surface area contributed by atoms with Crippen molar-refractivity contribution in [3.8, 4) is 0 Å². The molecular weight excluding hydrogens is 371 g/mol. The van der Waals surface area contributed by atoms with Gasteiger partial charge in [-0.3, -0.25) is 14.8 Å². The van der Waals surface area contributed by atoms with Gasteiger partial charge in [0.25, 0.3) is 15.9 Å². The standard InChI is InChI=1S/C18H17FN4O3S/c1-12-7-15(19)3-4-17(12)27(25,26)23-6-5-14(11-23)18(24)22-10-16-9-20-13(2)8-21-16/h3-9,11H,10H2,1-2H3,(H,22,24). The lowest BCUT2D eigenvalue weighted by atomic mass is 10.2. The first kappa shape index (κ1) is 18.7. The Morgan fingerprint density at radius 1 is 1.19 bits per heavy atom. The lowest BCUT2D eigenvalue weighted by Gasteiger charge is -2.08. The average molecular weight is 388 g/mol. The summed E-state index contributed by atoms with van der Waals surface area (Å²) in [5.41, 5.74) is 1.82. The van der Waals surface area contributed by atoms with Crippen molar-refractivity contribution in [1.82, 2.24) is 19.3 Å². The Kier molecular flexibility index (Phi) is 5.04. The number of aryl methyl sites for hydroxylation is 2. The van der Waals surface area contributed by atoms with Crippen molar-refractivity contribution in [1.29, 1.82) is 0 Å². The van der Waals surface area contributed by atoms with Crippen LogP contribution in [0.2, 0.25) is 0 Å². The van der Waals surface area contributed by atoms with Crippen molar-refractivity contribution < 1.29 is 17.6 Å². The minimum atomic E-state index is -3.92. The van der Waals surface area contributed by atoms with E-state index in [0.29, 0.717) is 5.69 Å². The van der Waals surface area contributed by atoms with Crippen LogP contribution in [0, 0.1) is 19.7 Å². The zero-order valence-corrected chi connectivity index (χ0v) is 15.5. The minimum absolute atomic E-state index is 0.0265. The molecule has 2 aromatic heterocycles. The van der Waals surface area contributed by atoms with Crippen molar-refractivity contribution in [2.45, 2.75) is 25.3 Å². The summed E-state index contributed by atoms with van der Waals surface area (Å²) in [5, 5.41) is 2.66. The summed E-state index contributed by atoms with van der Waals surface area (Å²) in [4.78, 5) is 20.5. The van der Waals surface area contributed by atoms with Gasteiger partial charge in [0.1, 0.15) is 5.82 Å². The number of hydrogen-bond donors (Lipinski definition) is 1. The molecule has 0 unspecified atom stereocenters. The lowest BCUT2D eigenvalue weighted by Crippen LogP contribution is -2.23. The Balaban J connectivity index is 1.77. The summed E-state index contributed by atoms with van der Waals surface area (Å²) >= 11 is 0. The fraction of sp³-hybridized carbons (Fsp3) is 0.167. The van der Waals surface area contributed by atoms with Gasteiger partial charge in [-0.25, -0.2) is 16.8 Å². The van der Waals surface area contributed by atoms with Gasteiger partial charge in [0.05, 0.1) is 34.6 Å². The molecule has 1 N–H and O–H groups in total. The first-order valence-electron chi connectivity index (χ1n) is 8.03. The zero-order valence-electron chi connectivity index (χ0n) is 14.7. The smallest absolute Gasteiger partial charge is 0.267 e. The summed E-state index contributed by atoms with van der Waals surface area (Å²) in [7, 11) is -3.92. The second-order valence-electron chi connectivity index (χ2n) is 5.98. The topological polar surface area (TPSA) is 94.0 Å². The molecule has 7 nitrogen and oxygen atoms in total. The molecule has 0 aliphatic rings. The van der Waals surface area contributed by atoms with Crippen molar-refractivity contribution in [3.05, 3.63) is 77.4 Å². The number of nitrogens with one attached hydrogen (secondary N) is 1. The SMILES string of the molecule is Cc1cnc(CNC(=O)c2ccn(S(=O)(=O)c3ccc(F)cc3C)c2)cn1. The van der Waals surface area contributed by atoms with Crippen molar-refractivity contribution in [2.24, 2.45) is 0 Å². The van der Waals surface area contributed by atoms with Crippen LogP contribution in [0.4, 0.5) is 4.39 Å². The third kappa shape index (κ3) is 4.03. The number of halogens is 1. The van der Waals surface area contributed by atoms with E-state index >= 15 is 0 Å². The molecule has 0 aliphatic carbocycles. The summed E-state index contributed by atoms with van der Waals surface area (Å²) in [5.74, 6) is -0.958. The van der Waals surface area contributed by atoms with Gasteiger partial charge < -0.3 is 5.32 Å². The van der Waals surface area contributed by atoms with Crippen LogP contribution in [-0.2, 0) is 16.6 Å². The van der Waals surface area contributed by atoms with Gasteiger partial charge in [0.2, 0.25) is 0 Å². The van der Waals surface area contributed by atoms with Gasteiger partial charge in [0.15, 0.2) is 0 Å². The second kappa shape index (κ2) is 7.28. The molecule has 0 aliphatic heterocycles. The lowest BCUT2D eigenvalue weighted by molar-refractivity contribution is 0.0950. The fourth-order valence-corrected chi connectivity index (χ4v) is 3.87. The maximum Gasteiger partial charge on any atom is 0.267 e. The number of rotatable bonds is 5. The summed E-state index contributed by atoms with van der Waals surface area (Å²) in [6, 6.07) is 4.83. The number of hydrogen-bond acceptors (Lipinski definition) is 5. The molecule has 0 spiro atoms. The third-order valence-corrected chi connectivity index (χ3v) is 5.68. The molecule has 0 fully saturated rings. The highest BCUT2D eigenvalue weighted by Crippen LogP contribution is 2.20. The largest absolute Gasteiger partial charge is 0.346 e. The van der Waals surface area contributed by atoms with E-state index < -0.39 is 21.7 Å². The first-order chi connectivity index (χ1) is 12.8. The fourth-order valence-electron chi connectivity index (χ4n) is 2.46. The monoisotopic (exact) mass is 388 g/mol. The number of aromatic nitrogens is 3. The van der Waals surface area contributed by atoms with Gasteiger partial charge in [-0.05, 0) is 43.7 Å². The summed E-state index contributed by atoms with van der Waals surface area (Å²) in [6.07, 6.45) is 5.64. The zero-order chi connectivity index (χ0) is 19.6. The van der Waals surface area contributed by atoms with Crippen LogP contribution in [0.1, 0.15) is 27.3 Å². The van der Waals surface area contributed by atoms with Gasteiger partial charge >= 0.3 is 0 Å². The Hall–Kier alpha value is -3.07. The Bertz CT molecular complexity index is 1090. The van der Waals surface area contributed by atoms with Gasteiger partial charge in [-0.1, -0.05) is 0 Å². The van der Waals surface area contributed by atoms with Crippen LogP contribution in [0.25, 0.3) is 0 Å². The summed E-state index contributed by atoms with van der Waals surface area (Å²) in [6.45, 7) is 3.48. The molecule has 0 saturated heterocycles. The quantitative estimate of drug-likeness (QED) is 0.723. The molecule has 2 heterocycles. The predicted molar refractivity (Wildman–Crippen MR) is 96.1 cm³/mol. The number of carbonyl (C=O) groups is 1. The number of carbonyl (C=O) groups excluding carboxylic acids is 1. The minimum Gasteiger partial charge on any atom is -0.346 e. The molecule has 0 atom stereocenters. The van der Waals surface area contributed by atoms with Gasteiger partial charge in [0, 0.05) is 18.6 Å². The van der Waals surface area contributed by atoms with Gasteiger partial charge in [-0.15, -0.1) is 0 Å². The van der Waals surface area contributed by atoms with E-state index in [-0.39, 0.29) is 22.6 Å². The first-order valence-corrected chi connectivity index (χ1v) is 9.47. The molecule has 0 bridgehead atoms. The highest BCUT2D eigenvalue weighted by atomic mass is 32.2. The van der Waals surface area contributed by atoms with Crippen molar-refractivity contribution >= 4 is 15.9 Å². The van der Waals surface area contributed by atoms with Crippen LogP contribution >= 0.6 is 0 Å². The van der Waals surface area contributed by atoms with E-state index in [4.69, 9.17) is 0 Å². The van der Waals surface area contributed by atoms with Crippen LogP contribution < -0.4 is 5.32 Å². The van der Waals surface area contributed by atoms with Gasteiger partial charge in [-0.2, -0.15) is 0 Å². The normalized spacial score (nSPS) is 11.4. The molecule has 3 rings (SSSR count). The number of nitrogens with zero attached hydrogens (tertiary/aromatic N) is 3. The van der Waals surface area contributed by atoms with E-state index in [1.54, 1.807) is 19.3 Å². The van der Waals surface area contributed by atoms with Crippen molar-refractivity contribution in [2.75, 3.05) is 0 Å². The van der Waals surface area contributed by atoms with Crippen molar-refractivity contribution in [3.63, 3.8) is 0 Å². The average Bonchev–Trinajstić information content (AvgIpc) is 3.12.